The largest absolute Gasteiger partial charge is 0.327 e. The predicted octanol–water partition coefficient (Wildman–Crippen LogP) is 3.96. The Balaban J connectivity index is 1.86. The van der Waals surface area contributed by atoms with Gasteiger partial charge >= 0.3 is 0 Å². The molecule has 1 aliphatic carbocycles. The lowest BCUT2D eigenvalue weighted by molar-refractivity contribution is 0.266. The summed E-state index contributed by atoms with van der Waals surface area (Å²) in [5, 5.41) is 0.760. The Bertz CT molecular complexity index is 619. The van der Waals surface area contributed by atoms with Gasteiger partial charge in [0, 0.05) is 36.5 Å². The molecule has 2 aromatic rings. The zero-order chi connectivity index (χ0) is 14.8. The molecule has 1 saturated carbocycles. The highest BCUT2D eigenvalue weighted by molar-refractivity contribution is 6.31. The number of benzene rings is 1. The molecule has 21 heavy (non-hydrogen) atoms. The number of halogens is 2. The molecule has 0 bridgehead atoms. The first-order valence-electron chi connectivity index (χ1n) is 7.67. The monoisotopic (exact) mass is 325 g/mol. The van der Waals surface area contributed by atoms with Gasteiger partial charge in [0.25, 0.3) is 0 Å². The minimum atomic E-state index is 0.594. The predicted molar refractivity (Wildman–Crippen MR) is 89.4 cm³/mol. The number of hydrogen-bond acceptors (Lipinski definition) is 2. The Labute approximate surface area is 135 Å². The normalized spacial score (nSPS) is 15.2. The molecule has 1 aliphatic rings. The van der Waals surface area contributed by atoms with Crippen molar-refractivity contribution in [2.45, 2.75) is 38.8 Å². The summed E-state index contributed by atoms with van der Waals surface area (Å²) >= 11 is 12.1. The van der Waals surface area contributed by atoms with Crippen LogP contribution in [0, 0.1) is 0 Å². The Morgan fingerprint density at radius 3 is 2.86 bits per heavy atom. The van der Waals surface area contributed by atoms with Gasteiger partial charge in [0.1, 0.15) is 5.82 Å². The average Bonchev–Trinajstić information content (AvgIpc) is 3.25. The topological polar surface area (TPSA) is 21.1 Å². The number of fused-ring (bicyclic) bond motifs is 1. The first-order valence-corrected chi connectivity index (χ1v) is 8.59. The zero-order valence-electron chi connectivity index (χ0n) is 12.4. The number of aryl methyl sites for hydroxylation is 1. The molecular weight excluding hydrogens is 305 g/mol. The van der Waals surface area contributed by atoms with Gasteiger partial charge in [-0.1, -0.05) is 18.5 Å². The number of likely N-dealkylation sites (N-methyl/N-ethyl adjacent to an activating group) is 1. The molecule has 5 heteroatoms. The van der Waals surface area contributed by atoms with E-state index in [-0.39, 0.29) is 0 Å². The molecule has 114 valence electrons. The van der Waals surface area contributed by atoms with Crippen LogP contribution in [-0.2, 0) is 13.0 Å². The van der Waals surface area contributed by atoms with Crippen molar-refractivity contribution in [3.05, 3.63) is 29.0 Å². The van der Waals surface area contributed by atoms with Crippen molar-refractivity contribution in [2.24, 2.45) is 0 Å². The first-order chi connectivity index (χ1) is 10.2. The fourth-order valence-electron chi connectivity index (χ4n) is 2.94. The molecule has 1 heterocycles. The number of imidazole rings is 1. The van der Waals surface area contributed by atoms with Crippen LogP contribution in [0.15, 0.2) is 18.2 Å². The zero-order valence-corrected chi connectivity index (χ0v) is 13.9. The average molecular weight is 326 g/mol. The number of alkyl halides is 1. The van der Waals surface area contributed by atoms with Crippen molar-refractivity contribution in [1.82, 2.24) is 14.5 Å². The molecular formula is C16H21Cl2N3. The SMILES string of the molecule is CCN(CCn1c(CCCl)nc2ccc(Cl)cc21)C1CC1. The maximum atomic E-state index is 6.15. The summed E-state index contributed by atoms with van der Waals surface area (Å²) in [7, 11) is 0. The molecule has 1 aromatic heterocycles. The van der Waals surface area contributed by atoms with Gasteiger partial charge in [-0.25, -0.2) is 4.98 Å². The van der Waals surface area contributed by atoms with E-state index in [0.29, 0.717) is 5.88 Å². The van der Waals surface area contributed by atoms with E-state index in [1.54, 1.807) is 0 Å². The maximum absolute atomic E-state index is 6.15. The Morgan fingerprint density at radius 1 is 1.38 bits per heavy atom. The highest BCUT2D eigenvalue weighted by Crippen LogP contribution is 2.27. The van der Waals surface area contributed by atoms with Gasteiger partial charge < -0.3 is 4.57 Å². The molecule has 0 unspecified atom stereocenters. The van der Waals surface area contributed by atoms with Gasteiger partial charge in [0.2, 0.25) is 0 Å². The van der Waals surface area contributed by atoms with Crippen LogP contribution in [0.25, 0.3) is 11.0 Å². The third kappa shape index (κ3) is 3.36. The summed E-state index contributed by atoms with van der Waals surface area (Å²) in [5.41, 5.74) is 2.13. The number of aromatic nitrogens is 2. The highest BCUT2D eigenvalue weighted by Gasteiger charge is 2.27. The third-order valence-corrected chi connectivity index (χ3v) is 4.61. The van der Waals surface area contributed by atoms with E-state index < -0.39 is 0 Å². The molecule has 3 rings (SSSR count). The Morgan fingerprint density at radius 2 is 2.19 bits per heavy atom. The molecule has 0 aliphatic heterocycles. The quantitative estimate of drug-likeness (QED) is 0.718. The Hall–Kier alpha value is -0.770. The summed E-state index contributed by atoms with van der Waals surface area (Å²) in [5.74, 6) is 1.66. The number of rotatable bonds is 7. The van der Waals surface area contributed by atoms with E-state index in [0.717, 1.165) is 54.0 Å². The Kier molecular flexibility index (Phi) is 4.72. The first kappa shape index (κ1) is 15.1. The van der Waals surface area contributed by atoms with Gasteiger partial charge in [0.15, 0.2) is 0 Å². The van der Waals surface area contributed by atoms with Gasteiger partial charge in [-0.05, 0) is 37.6 Å². The van der Waals surface area contributed by atoms with E-state index in [9.17, 15) is 0 Å². The molecule has 0 atom stereocenters. The van der Waals surface area contributed by atoms with Gasteiger partial charge in [0.05, 0.1) is 11.0 Å². The summed E-state index contributed by atoms with van der Waals surface area (Å²) in [6, 6.07) is 6.69. The fourth-order valence-corrected chi connectivity index (χ4v) is 3.27. The second-order valence-corrected chi connectivity index (χ2v) is 6.43. The number of nitrogens with zero attached hydrogens (tertiary/aromatic N) is 3. The van der Waals surface area contributed by atoms with Crippen LogP contribution >= 0.6 is 23.2 Å². The van der Waals surface area contributed by atoms with Crippen molar-refractivity contribution in [3.8, 4) is 0 Å². The van der Waals surface area contributed by atoms with Crippen LogP contribution < -0.4 is 0 Å². The van der Waals surface area contributed by atoms with Crippen LogP contribution in [0.4, 0.5) is 0 Å². The number of hydrogen-bond donors (Lipinski definition) is 0. The molecule has 0 saturated heterocycles. The second-order valence-electron chi connectivity index (χ2n) is 5.61. The molecule has 0 amide bonds. The van der Waals surface area contributed by atoms with E-state index >= 15 is 0 Å². The summed E-state index contributed by atoms with van der Waals surface area (Å²) < 4.78 is 2.29. The molecule has 0 N–H and O–H groups in total. The van der Waals surface area contributed by atoms with Crippen molar-refractivity contribution in [3.63, 3.8) is 0 Å². The van der Waals surface area contributed by atoms with Crippen molar-refractivity contribution in [1.29, 1.82) is 0 Å². The maximum Gasteiger partial charge on any atom is 0.111 e. The van der Waals surface area contributed by atoms with Crippen molar-refractivity contribution < 1.29 is 0 Å². The minimum Gasteiger partial charge on any atom is -0.327 e. The summed E-state index contributed by atoms with van der Waals surface area (Å²) in [6.45, 7) is 5.37. The van der Waals surface area contributed by atoms with Crippen molar-refractivity contribution in [2.75, 3.05) is 19.0 Å². The molecule has 1 aromatic carbocycles. The fraction of sp³-hybridized carbons (Fsp3) is 0.562. The lowest BCUT2D eigenvalue weighted by atomic mass is 10.3. The molecule has 3 nitrogen and oxygen atoms in total. The van der Waals surface area contributed by atoms with Gasteiger partial charge in [-0.15, -0.1) is 11.6 Å². The smallest absolute Gasteiger partial charge is 0.111 e. The van der Waals surface area contributed by atoms with E-state index in [1.165, 1.54) is 12.8 Å². The summed E-state index contributed by atoms with van der Waals surface area (Å²) in [6.07, 6.45) is 3.49. The summed E-state index contributed by atoms with van der Waals surface area (Å²) in [4.78, 5) is 7.27. The van der Waals surface area contributed by atoms with Crippen LogP contribution in [0.5, 0.6) is 0 Å². The van der Waals surface area contributed by atoms with Crippen LogP contribution in [0.3, 0.4) is 0 Å². The third-order valence-electron chi connectivity index (χ3n) is 4.19. The lowest BCUT2D eigenvalue weighted by Gasteiger charge is -2.20. The molecule has 1 fully saturated rings. The van der Waals surface area contributed by atoms with Crippen LogP contribution in [0.2, 0.25) is 5.02 Å². The lowest BCUT2D eigenvalue weighted by Crippen LogP contribution is -2.29. The van der Waals surface area contributed by atoms with Gasteiger partial charge in [-0.3, -0.25) is 4.90 Å². The molecule has 0 radical (unpaired) electrons. The highest BCUT2D eigenvalue weighted by atomic mass is 35.5. The van der Waals surface area contributed by atoms with E-state index in [4.69, 9.17) is 28.2 Å². The second kappa shape index (κ2) is 6.55. The van der Waals surface area contributed by atoms with E-state index in [2.05, 4.69) is 16.4 Å². The van der Waals surface area contributed by atoms with Crippen LogP contribution in [-0.4, -0.2) is 39.5 Å². The minimum absolute atomic E-state index is 0.594. The standard InChI is InChI=1S/C16H21Cl2N3/c1-2-20(13-4-5-13)9-10-21-15-11-12(18)3-6-14(15)19-16(21)7-8-17/h3,6,11,13H,2,4-5,7-10H2,1H3. The van der Waals surface area contributed by atoms with E-state index in [1.807, 2.05) is 18.2 Å². The van der Waals surface area contributed by atoms with Crippen molar-refractivity contribution >= 4 is 34.2 Å². The van der Waals surface area contributed by atoms with Crippen LogP contribution in [0.1, 0.15) is 25.6 Å². The van der Waals surface area contributed by atoms with Gasteiger partial charge in [-0.2, -0.15) is 0 Å². The molecule has 0 spiro atoms.